The summed E-state index contributed by atoms with van der Waals surface area (Å²) in [5.41, 5.74) is 8.88. The second-order valence-electron chi connectivity index (χ2n) is 5.93. The van der Waals surface area contributed by atoms with Crippen molar-refractivity contribution in [3.8, 4) is 0 Å². The van der Waals surface area contributed by atoms with Crippen LogP contribution in [0.4, 0.5) is 5.69 Å². The van der Waals surface area contributed by atoms with Crippen LogP contribution in [0.5, 0.6) is 0 Å². The third kappa shape index (κ3) is 5.47. The van der Waals surface area contributed by atoms with E-state index in [2.05, 4.69) is 5.32 Å². The molecule has 1 atom stereocenters. The van der Waals surface area contributed by atoms with Gasteiger partial charge in [0, 0.05) is 39.0 Å². The van der Waals surface area contributed by atoms with E-state index in [4.69, 9.17) is 15.9 Å². The van der Waals surface area contributed by atoms with Crippen molar-refractivity contribution in [1.29, 1.82) is 5.41 Å². The molecule has 140 valence electrons. The molecule has 0 radical (unpaired) electrons. The molecule has 2 aromatic carbocycles. The van der Waals surface area contributed by atoms with Crippen LogP contribution in [0, 0.1) is 5.41 Å². The van der Waals surface area contributed by atoms with Gasteiger partial charge in [-0.05, 0) is 23.3 Å². The number of carbonyl (C=O) groups is 1. The minimum atomic E-state index is -0.660. The standard InChI is InChI=1S/C19H24N4O2.ClH/c1-23(2)16-10-8-14(9-11-16)17(25-3)19(24)22-12-13-4-6-15(7-5-13)18(20)21;/h4-11,17H,12H2,1-3H3,(H3,20,21)(H,22,24);1H. The molecule has 0 fully saturated rings. The number of amides is 1. The maximum absolute atomic E-state index is 12.4. The molecule has 0 aliphatic carbocycles. The van der Waals surface area contributed by atoms with Crippen molar-refractivity contribution < 1.29 is 9.53 Å². The topological polar surface area (TPSA) is 91.4 Å². The molecule has 1 amide bonds. The summed E-state index contributed by atoms with van der Waals surface area (Å²) in [6, 6.07) is 14.9. The van der Waals surface area contributed by atoms with Crippen LogP contribution in [0.3, 0.4) is 0 Å². The van der Waals surface area contributed by atoms with Crippen molar-refractivity contribution in [3.63, 3.8) is 0 Å². The Bertz CT molecular complexity index is 730. The van der Waals surface area contributed by atoms with Crippen LogP contribution >= 0.6 is 12.4 Å². The van der Waals surface area contributed by atoms with Crippen molar-refractivity contribution >= 4 is 29.8 Å². The van der Waals surface area contributed by atoms with Crippen LogP contribution in [-0.4, -0.2) is 32.9 Å². The Balaban J connectivity index is 0.00000338. The SMILES string of the molecule is COC(C(=O)NCc1ccc(C(=N)N)cc1)c1ccc(N(C)C)cc1.Cl. The van der Waals surface area contributed by atoms with Crippen molar-refractivity contribution in [2.24, 2.45) is 5.73 Å². The highest BCUT2D eigenvalue weighted by Crippen LogP contribution is 2.20. The maximum Gasteiger partial charge on any atom is 0.254 e. The number of nitrogens with zero attached hydrogens (tertiary/aromatic N) is 1. The van der Waals surface area contributed by atoms with Gasteiger partial charge in [-0.3, -0.25) is 10.2 Å². The van der Waals surface area contributed by atoms with Gasteiger partial charge in [0.05, 0.1) is 0 Å². The summed E-state index contributed by atoms with van der Waals surface area (Å²) in [7, 11) is 5.45. The summed E-state index contributed by atoms with van der Waals surface area (Å²) in [6.45, 7) is 0.382. The lowest BCUT2D eigenvalue weighted by molar-refractivity contribution is -0.131. The Labute approximate surface area is 160 Å². The zero-order valence-electron chi connectivity index (χ0n) is 15.2. The largest absolute Gasteiger partial charge is 0.384 e. The fraction of sp³-hybridized carbons (Fsp3) is 0.263. The lowest BCUT2D eigenvalue weighted by Gasteiger charge is -2.18. The summed E-state index contributed by atoms with van der Waals surface area (Å²) >= 11 is 0. The van der Waals surface area contributed by atoms with Gasteiger partial charge >= 0.3 is 0 Å². The molecule has 0 saturated carbocycles. The third-order valence-electron chi connectivity index (χ3n) is 3.92. The Hall–Kier alpha value is -2.57. The number of amidine groups is 1. The van der Waals surface area contributed by atoms with E-state index in [1.165, 1.54) is 7.11 Å². The van der Waals surface area contributed by atoms with Gasteiger partial charge in [0.15, 0.2) is 6.10 Å². The molecule has 2 aromatic rings. The number of anilines is 1. The monoisotopic (exact) mass is 376 g/mol. The molecule has 7 heteroatoms. The Morgan fingerprint density at radius 1 is 1.15 bits per heavy atom. The first-order valence-electron chi connectivity index (χ1n) is 7.93. The average molecular weight is 377 g/mol. The van der Waals surface area contributed by atoms with Crippen LogP contribution in [0.15, 0.2) is 48.5 Å². The molecule has 0 bridgehead atoms. The number of ether oxygens (including phenoxy) is 1. The van der Waals surface area contributed by atoms with Gasteiger partial charge < -0.3 is 20.7 Å². The first kappa shape index (κ1) is 21.5. The van der Waals surface area contributed by atoms with Gasteiger partial charge in [0.2, 0.25) is 0 Å². The number of carbonyl (C=O) groups excluding carboxylic acids is 1. The Morgan fingerprint density at radius 2 is 1.73 bits per heavy atom. The van der Waals surface area contributed by atoms with E-state index in [9.17, 15) is 4.79 Å². The molecular weight excluding hydrogens is 352 g/mol. The first-order chi connectivity index (χ1) is 11.9. The quantitative estimate of drug-likeness (QED) is 0.511. The molecular formula is C19H25ClN4O2. The lowest BCUT2D eigenvalue weighted by atomic mass is 10.1. The minimum Gasteiger partial charge on any atom is -0.384 e. The summed E-state index contributed by atoms with van der Waals surface area (Å²) < 4.78 is 5.37. The van der Waals surface area contributed by atoms with Gasteiger partial charge in [0.25, 0.3) is 5.91 Å². The van der Waals surface area contributed by atoms with E-state index in [1.807, 2.05) is 55.4 Å². The zero-order chi connectivity index (χ0) is 18.4. The van der Waals surface area contributed by atoms with Crippen LogP contribution in [0.25, 0.3) is 0 Å². The number of hydrogen-bond acceptors (Lipinski definition) is 4. The number of methoxy groups -OCH3 is 1. The Kier molecular flexibility index (Phi) is 8.09. The number of nitrogens with two attached hydrogens (primary N) is 1. The minimum absolute atomic E-state index is 0. The van der Waals surface area contributed by atoms with E-state index >= 15 is 0 Å². The number of benzene rings is 2. The van der Waals surface area contributed by atoms with Crippen molar-refractivity contribution in [2.75, 3.05) is 26.1 Å². The van der Waals surface area contributed by atoms with E-state index in [-0.39, 0.29) is 24.1 Å². The molecule has 0 aromatic heterocycles. The highest BCUT2D eigenvalue weighted by Gasteiger charge is 2.19. The molecule has 0 heterocycles. The number of halogens is 1. The molecule has 0 saturated heterocycles. The highest BCUT2D eigenvalue weighted by molar-refractivity contribution is 5.94. The zero-order valence-corrected chi connectivity index (χ0v) is 16.0. The van der Waals surface area contributed by atoms with E-state index in [1.54, 1.807) is 12.1 Å². The van der Waals surface area contributed by atoms with Crippen LogP contribution in [-0.2, 0) is 16.1 Å². The number of hydrogen-bond donors (Lipinski definition) is 3. The summed E-state index contributed by atoms with van der Waals surface area (Å²) in [5, 5.41) is 10.3. The summed E-state index contributed by atoms with van der Waals surface area (Å²) in [6.07, 6.45) is -0.660. The summed E-state index contributed by atoms with van der Waals surface area (Å²) in [4.78, 5) is 14.4. The van der Waals surface area contributed by atoms with Gasteiger partial charge in [-0.15, -0.1) is 12.4 Å². The molecule has 0 aliphatic heterocycles. The van der Waals surface area contributed by atoms with Gasteiger partial charge in [-0.25, -0.2) is 0 Å². The van der Waals surface area contributed by atoms with E-state index in [0.717, 1.165) is 16.8 Å². The maximum atomic E-state index is 12.4. The first-order valence-corrected chi connectivity index (χ1v) is 7.93. The predicted octanol–water partition coefficient (Wildman–Crippen LogP) is 2.46. The number of rotatable bonds is 7. The molecule has 4 N–H and O–H groups in total. The lowest BCUT2D eigenvalue weighted by Crippen LogP contribution is -2.30. The third-order valence-corrected chi connectivity index (χ3v) is 3.92. The van der Waals surface area contributed by atoms with Crippen molar-refractivity contribution in [2.45, 2.75) is 12.6 Å². The van der Waals surface area contributed by atoms with Gasteiger partial charge in [0.1, 0.15) is 5.84 Å². The second-order valence-corrected chi connectivity index (χ2v) is 5.93. The van der Waals surface area contributed by atoms with E-state index in [0.29, 0.717) is 12.1 Å². The molecule has 0 spiro atoms. The van der Waals surface area contributed by atoms with Crippen LogP contribution in [0.1, 0.15) is 22.8 Å². The van der Waals surface area contributed by atoms with Crippen molar-refractivity contribution in [1.82, 2.24) is 5.32 Å². The average Bonchev–Trinajstić information content (AvgIpc) is 2.61. The smallest absolute Gasteiger partial charge is 0.254 e. The molecule has 6 nitrogen and oxygen atoms in total. The fourth-order valence-electron chi connectivity index (χ4n) is 2.43. The molecule has 1 unspecified atom stereocenters. The molecule has 2 rings (SSSR count). The van der Waals surface area contributed by atoms with Crippen LogP contribution < -0.4 is 16.0 Å². The predicted molar refractivity (Wildman–Crippen MR) is 107 cm³/mol. The second kappa shape index (κ2) is 9.79. The number of nitrogen functional groups attached to an aromatic ring is 1. The highest BCUT2D eigenvalue weighted by atomic mass is 35.5. The normalized spacial score (nSPS) is 11.2. The Morgan fingerprint density at radius 3 is 2.19 bits per heavy atom. The van der Waals surface area contributed by atoms with Gasteiger partial charge in [-0.2, -0.15) is 0 Å². The summed E-state index contributed by atoms with van der Waals surface area (Å²) in [5.74, 6) is -0.174. The molecule has 0 aliphatic rings. The van der Waals surface area contributed by atoms with Crippen molar-refractivity contribution in [3.05, 3.63) is 65.2 Å². The molecule has 26 heavy (non-hydrogen) atoms. The van der Waals surface area contributed by atoms with Gasteiger partial charge in [-0.1, -0.05) is 36.4 Å². The fourth-order valence-corrected chi connectivity index (χ4v) is 2.43. The van der Waals surface area contributed by atoms with E-state index < -0.39 is 6.10 Å². The van der Waals surface area contributed by atoms with Crippen LogP contribution in [0.2, 0.25) is 0 Å². The number of nitrogens with one attached hydrogen (secondary N) is 2.